The normalized spacial score (nSPS) is 29.4. The Labute approximate surface area is 170 Å². The molecular formula is C19H26N4O5S. The maximum absolute atomic E-state index is 13.2. The van der Waals surface area contributed by atoms with Gasteiger partial charge in [-0.05, 0) is 30.2 Å². The van der Waals surface area contributed by atoms with Crippen molar-refractivity contribution in [3.63, 3.8) is 0 Å². The number of anilines is 1. The molecule has 10 heteroatoms. The van der Waals surface area contributed by atoms with Crippen LogP contribution in [0, 0.1) is 26.9 Å². The summed E-state index contributed by atoms with van der Waals surface area (Å²) in [6, 6.07) is 2.98. The molecule has 4 rings (SSSR count). The van der Waals surface area contributed by atoms with Crippen molar-refractivity contribution in [3.05, 3.63) is 28.4 Å². The quantitative estimate of drug-likeness (QED) is 0.525. The number of pyridine rings is 1. The number of carbonyl (C=O) groups is 1. The van der Waals surface area contributed by atoms with Gasteiger partial charge in [0.05, 0.1) is 10.7 Å². The number of nitrogens with zero attached hydrogens (tertiary/aromatic N) is 4. The lowest BCUT2D eigenvalue weighted by Crippen LogP contribution is -2.53. The molecule has 2 bridgehead atoms. The van der Waals surface area contributed by atoms with Crippen molar-refractivity contribution in [2.24, 2.45) is 16.7 Å². The number of aromatic nitrogens is 1. The molecule has 2 aliphatic carbocycles. The molecule has 1 aliphatic heterocycles. The molecule has 2 saturated carbocycles. The van der Waals surface area contributed by atoms with E-state index in [0.717, 1.165) is 6.42 Å². The average molecular weight is 423 g/mol. The number of hydrogen-bond acceptors (Lipinski definition) is 7. The number of Topliss-reactive ketones (excluding diaryl/α,β-unsaturated/α-hetero) is 1. The van der Waals surface area contributed by atoms with Gasteiger partial charge in [0, 0.05) is 44.1 Å². The number of hydrogen-bond donors (Lipinski definition) is 0. The SMILES string of the molecule is CC1(C)[C@@H]2CC[C@@]1(CS(=O)(=O)N1CCN(c3ccc([N+](=O)[O-])cn3)CC1)C(=O)C2. The van der Waals surface area contributed by atoms with Crippen LogP contribution in [0.15, 0.2) is 18.3 Å². The molecule has 0 unspecified atom stereocenters. The summed E-state index contributed by atoms with van der Waals surface area (Å²) in [6.07, 6.45) is 3.30. The van der Waals surface area contributed by atoms with Gasteiger partial charge < -0.3 is 4.90 Å². The van der Waals surface area contributed by atoms with Gasteiger partial charge in [-0.3, -0.25) is 14.9 Å². The van der Waals surface area contributed by atoms with Crippen molar-refractivity contribution in [1.29, 1.82) is 0 Å². The molecule has 1 aromatic heterocycles. The Hall–Kier alpha value is -2.07. The fourth-order valence-corrected chi connectivity index (χ4v) is 7.58. The molecule has 2 heterocycles. The summed E-state index contributed by atoms with van der Waals surface area (Å²) < 4.78 is 27.9. The molecule has 1 saturated heterocycles. The Morgan fingerprint density at radius 3 is 2.41 bits per heavy atom. The standard InChI is InChI=1S/C19H26N4O5S/c1-18(2)14-5-6-19(18,16(24)11-14)13-29(27,28)22-9-7-21(8-10-22)17-4-3-15(12-20-17)23(25)26/h3-4,12,14H,5-11,13H2,1-2H3/t14-,19-/m1/s1. The average Bonchev–Trinajstić information content (AvgIpc) is 3.02. The molecule has 29 heavy (non-hydrogen) atoms. The minimum atomic E-state index is -3.56. The number of carbonyl (C=O) groups excluding carboxylic acids is 1. The zero-order chi connectivity index (χ0) is 21.0. The highest BCUT2D eigenvalue weighted by molar-refractivity contribution is 7.89. The van der Waals surface area contributed by atoms with Crippen LogP contribution in [0.2, 0.25) is 0 Å². The number of piperazine rings is 1. The molecule has 0 spiro atoms. The van der Waals surface area contributed by atoms with Gasteiger partial charge in [-0.2, -0.15) is 4.31 Å². The number of nitro groups is 1. The van der Waals surface area contributed by atoms with Gasteiger partial charge in [-0.25, -0.2) is 13.4 Å². The highest BCUT2D eigenvalue weighted by Crippen LogP contribution is 2.64. The maximum Gasteiger partial charge on any atom is 0.287 e. The number of ketones is 1. The third kappa shape index (κ3) is 3.13. The van der Waals surface area contributed by atoms with Crippen LogP contribution in [-0.2, 0) is 14.8 Å². The van der Waals surface area contributed by atoms with Crippen molar-refractivity contribution in [2.75, 3.05) is 36.8 Å². The molecule has 0 amide bonds. The van der Waals surface area contributed by atoms with E-state index in [1.165, 1.54) is 16.6 Å². The van der Waals surface area contributed by atoms with E-state index in [9.17, 15) is 23.3 Å². The Kier molecular flexibility index (Phi) is 4.69. The van der Waals surface area contributed by atoms with Gasteiger partial charge in [0.2, 0.25) is 10.0 Å². The van der Waals surface area contributed by atoms with Crippen molar-refractivity contribution in [2.45, 2.75) is 33.1 Å². The van der Waals surface area contributed by atoms with E-state index in [1.807, 2.05) is 18.7 Å². The van der Waals surface area contributed by atoms with E-state index in [-0.39, 0.29) is 28.6 Å². The van der Waals surface area contributed by atoms with E-state index in [4.69, 9.17) is 0 Å². The first-order valence-corrected chi connectivity index (χ1v) is 11.5. The van der Waals surface area contributed by atoms with E-state index in [2.05, 4.69) is 4.98 Å². The Balaban J connectivity index is 1.44. The topological polar surface area (TPSA) is 114 Å². The summed E-state index contributed by atoms with van der Waals surface area (Å²) in [7, 11) is -3.56. The van der Waals surface area contributed by atoms with Gasteiger partial charge in [-0.1, -0.05) is 13.8 Å². The monoisotopic (exact) mass is 422 g/mol. The summed E-state index contributed by atoms with van der Waals surface area (Å²) in [5.41, 5.74) is -1.11. The number of sulfonamides is 1. The third-order valence-corrected chi connectivity index (χ3v) is 9.48. The maximum atomic E-state index is 13.2. The molecular weight excluding hydrogens is 396 g/mol. The second-order valence-corrected chi connectivity index (χ2v) is 10.9. The molecule has 3 fully saturated rings. The van der Waals surface area contributed by atoms with Gasteiger partial charge >= 0.3 is 0 Å². The first-order valence-electron chi connectivity index (χ1n) is 9.93. The summed E-state index contributed by atoms with van der Waals surface area (Å²) in [4.78, 5) is 29.0. The fourth-order valence-electron chi connectivity index (χ4n) is 5.38. The van der Waals surface area contributed by atoms with E-state index < -0.39 is 20.4 Å². The van der Waals surface area contributed by atoms with Gasteiger partial charge in [-0.15, -0.1) is 0 Å². The predicted molar refractivity (Wildman–Crippen MR) is 107 cm³/mol. The lowest BCUT2D eigenvalue weighted by atomic mass is 9.70. The largest absolute Gasteiger partial charge is 0.354 e. The zero-order valence-electron chi connectivity index (χ0n) is 16.7. The molecule has 158 valence electrons. The van der Waals surface area contributed by atoms with Crippen LogP contribution in [-0.4, -0.2) is 60.3 Å². The smallest absolute Gasteiger partial charge is 0.287 e. The number of fused-ring (bicyclic) bond motifs is 2. The van der Waals surface area contributed by atoms with E-state index in [1.54, 1.807) is 6.07 Å². The number of rotatable bonds is 5. The zero-order valence-corrected chi connectivity index (χ0v) is 17.5. The predicted octanol–water partition coefficient (Wildman–Crippen LogP) is 1.84. The fraction of sp³-hybridized carbons (Fsp3) is 0.684. The van der Waals surface area contributed by atoms with Crippen LogP contribution < -0.4 is 4.90 Å². The van der Waals surface area contributed by atoms with Crippen molar-refractivity contribution in [3.8, 4) is 0 Å². The van der Waals surface area contributed by atoms with Crippen molar-refractivity contribution in [1.82, 2.24) is 9.29 Å². The van der Waals surface area contributed by atoms with Gasteiger partial charge in [0.25, 0.3) is 5.69 Å². The molecule has 0 aromatic carbocycles. The van der Waals surface area contributed by atoms with Crippen LogP contribution in [0.1, 0.15) is 33.1 Å². The third-order valence-electron chi connectivity index (χ3n) is 7.47. The Morgan fingerprint density at radius 1 is 1.24 bits per heavy atom. The lowest BCUT2D eigenvalue weighted by Gasteiger charge is -2.40. The molecule has 1 aromatic rings. The van der Waals surface area contributed by atoms with Crippen LogP contribution in [0.4, 0.5) is 11.5 Å². The minimum absolute atomic E-state index is 0.0760. The summed E-state index contributed by atoms with van der Waals surface area (Å²) in [5.74, 6) is 0.890. The summed E-state index contributed by atoms with van der Waals surface area (Å²) in [6.45, 7) is 5.63. The lowest BCUT2D eigenvalue weighted by molar-refractivity contribution is -0.385. The van der Waals surface area contributed by atoms with E-state index in [0.29, 0.717) is 44.8 Å². The summed E-state index contributed by atoms with van der Waals surface area (Å²) >= 11 is 0. The van der Waals surface area contributed by atoms with Crippen LogP contribution >= 0.6 is 0 Å². The second-order valence-electron chi connectivity index (χ2n) is 8.94. The second kappa shape index (κ2) is 6.73. The Morgan fingerprint density at radius 2 is 1.93 bits per heavy atom. The van der Waals surface area contributed by atoms with Crippen LogP contribution in [0.25, 0.3) is 0 Å². The molecule has 0 radical (unpaired) electrons. The highest BCUT2D eigenvalue weighted by atomic mass is 32.2. The highest BCUT2D eigenvalue weighted by Gasteiger charge is 2.65. The molecule has 9 nitrogen and oxygen atoms in total. The van der Waals surface area contributed by atoms with Crippen molar-refractivity contribution >= 4 is 27.3 Å². The molecule has 3 aliphatic rings. The van der Waals surface area contributed by atoms with Crippen molar-refractivity contribution < 1.29 is 18.1 Å². The first kappa shape index (κ1) is 20.2. The molecule has 2 atom stereocenters. The molecule has 0 N–H and O–H groups in total. The minimum Gasteiger partial charge on any atom is -0.354 e. The van der Waals surface area contributed by atoms with Gasteiger partial charge in [0.1, 0.15) is 17.8 Å². The summed E-state index contributed by atoms with van der Waals surface area (Å²) in [5, 5.41) is 10.8. The van der Waals surface area contributed by atoms with E-state index >= 15 is 0 Å². The van der Waals surface area contributed by atoms with Crippen LogP contribution in [0.3, 0.4) is 0 Å². The van der Waals surface area contributed by atoms with Gasteiger partial charge in [0.15, 0.2) is 0 Å². The first-order chi connectivity index (χ1) is 13.6. The van der Waals surface area contributed by atoms with Crippen LogP contribution in [0.5, 0.6) is 0 Å². The Bertz CT molecular complexity index is 938.